The van der Waals surface area contributed by atoms with Crippen LogP contribution in [0.1, 0.15) is 13.8 Å². The monoisotopic (exact) mass is 245 g/mol. The third-order valence-electron chi connectivity index (χ3n) is 2.45. The summed E-state index contributed by atoms with van der Waals surface area (Å²) in [5, 5.41) is 5.60. The number of nitrogens with one attached hydrogen (secondary N) is 2. The van der Waals surface area contributed by atoms with Gasteiger partial charge in [0, 0.05) is 12.3 Å². The Kier molecular flexibility index (Phi) is 5.24. The van der Waals surface area contributed by atoms with Crippen molar-refractivity contribution in [2.24, 2.45) is 11.7 Å². The van der Waals surface area contributed by atoms with Crippen molar-refractivity contribution in [1.82, 2.24) is 10.6 Å². The first-order valence-electron chi connectivity index (χ1n) is 5.44. The van der Waals surface area contributed by atoms with E-state index in [9.17, 15) is 9.59 Å². The van der Waals surface area contributed by atoms with Crippen molar-refractivity contribution in [2.75, 3.05) is 18.8 Å². The number of ketones is 1. The van der Waals surface area contributed by atoms with Crippen LogP contribution in [0.2, 0.25) is 0 Å². The normalized spacial score (nSPS) is 22.1. The number of Topliss-reactive ketones (excluding diaryl/α,β-unsaturated/α-hetero) is 1. The maximum Gasteiger partial charge on any atom is 0.234 e. The predicted molar refractivity (Wildman–Crippen MR) is 65.1 cm³/mol. The highest BCUT2D eigenvalue weighted by Crippen LogP contribution is 2.18. The minimum atomic E-state index is -0.445. The van der Waals surface area contributed by atoms with E-state index in [-0.39, 0.29) is 29.5 Å². The minimum absolute atomic E-state index is 0.0410. The largest absolute Gasteiger partial charge is 0.345 e. The fourth-order valence-electron chi connectivity index (χ4n) is 1.57. The maximum absolute atomic E-state index is 12.1. The maximum atomic E-state index is 12.1. The molecular weight excluding hydrogens is 226 g/mol. The highest BCUT2D eigenvalue weighted by Gasteiger charge is 2.32. The molecule has 1 aliphatic heterocycles. The van der Waals surface area contributed by atoms with E-state index in [2.05, 4.69) is 10.6 Å². The average Bonchev–Trinajstić information content (AvgIpc) is 2.77. The van der Waals surface area contributed by atoms with Crippen LogP contribution in [-0.4, -0.2) is 41.9 Å². The molecule has 1 heterocycles. The van der Waals surface area contributed by atoms with Crippen molar-refractivity contribution >= 4 is 23.5 Å². The molecule has 1 amide bonds. The van der Waals surface area contributed by atoms with Gasteiger partial charge in [-0.2, -0.15) is 0 Å². The highest BCUT2D eigenvalue weighted by atomic mass is 32.2. The smallest absolute Gasteiger partial charge is 0.234 e. The van der Waals surface area contributed by atoms with Crippen molar-refractivity contribution in [2.45, 2.75) is 25.3 Å². The van der Waals surface area contributed by atoms with Gasteiger partial charge in [0.25, 0.3) is 0 Å². The van der Waals surface area contributed by atoms with Gasteiger partial charge in [0.1, 0.15) is 5.37 Å². The number of carbonyl (C=O) groups excluding carboxylic acids is 2. The Balaban J connectivity index is 2.61. The summed E-state index contributed by atoms with van der Waals surface area (Å²) in [5.74, 6) is 0.770. The Morgan fingerprint density at radius 2 is 2.25 bits per heavy atom. The summed E-state index contributed by atoms with van der Waals surface area (Å²) in [5.41, 5.74) is 5.23. The van der Waals surface area contributed by atoms with Gasteiger partial charge in [-0.1, -0.05) is 13.8 Å². The molecule has 1 aliphatic rings. The zero-order valence-electron chi connectivity index (χ0n) is 9.66. The zero-order valence-corrected chi connectivity index (χ0v) is 10.5. The van der Waals surface area contributed by atoms with E-state index >= 15 is 0 Å². The van der Waals surface area contributed by atoms with E-state index in [1.165, 1.54) is 0 Å². The quantitative estimate of drug-likeness (QED) is 0.597. The first-order valence-corrected chi connectivity index (χ1v) is 6.49. The van der Waals surface area contributed by atoms with Gasteiger partial charge < -0.3 is 11.1 Å². The highest BCUT2D eigenvalue weighted by molar-refractivity contribution is 8.00. The Labute approximate surface area is 99.9 Å². The molecule has 1 saturated heterocycles. The second-order valence-corrected chi connectivity index (χ2v) is 5.31. The van der Waals surface area contributed by atoms with Crippen LogP contribution in [-0.2, 0) is 9.59 Å². The van der Waals surface area contributed by atoms with Crippen molar-refractivity contribution in [3.05, 3.63) is 0 Å². The fraction of sp³-hybridized carbons (Fsp3) is 0.800. The SMILES string of the molecule is CC(C)[C@H](NC(=O)CN)C(=O)C1NCCS1. The van der Waals surface area contributed by atoms with E-state index in [0.717, 1.165) is 12.3 Å². The lowest BCUT2D eigenvalue weighted by Gasteiger charge is -2.23. The molecule has 2 atom stereocenters. The van der Waals surface area contributed by atoms with Gasteiger partial charge in [0.2, 0.25) is 5.91 Å². The molecule has 6 heteroatoms. The Morgan fingerprint density at radius 1 is 1.56 bits per heavy atom. The van der Waals surface area contributed by atoms with E-state index in [1.54, 1.807) is 11.8 Å². The molecular formula is C10H19N3O2S. The summed E-state index contributed by atoms with van der Waals surface area (Å²) >= 11 is 1.59. The van der Waals surface area contributed by atoms with Crippen LogP contribution in [0.3, 0.4) is 0 Å². The molecule has 92 valence electrons. The van der Waals surface area contributed by atoms with E-state index < -0.39 is 6.04 Å². The number of amides is 1. The number of thioether (sulfide) groups is 1. The van der Waals surface area contributed by atoms with Gasteiger partial charge in [-0.25, -0.2) is 0 Å². The summed E-state index contributed by atoms with van der Waals surface area (Å²) in [6, 6.07) is -0.445. The molecule has 5 nitrogen and oxygen atoms in total. The van der Waals surface area contributed by atoms with E-state index in [0.29, 0.717) is 0 Å². The molecule has 0 spiro atoms. The first-order chi connectivity index (χ1) is 7.56. The molecule has 1 fully saturated rings. The molecule has 0 radical (unpaired) electrons. The lowest BCUT2D eigenvalue weighted by Crippen LogP contribution is -2.51. The second kappa shape index (κ2) is 6.22. The summed E-state index contributed by atoms with van der Waals surface area (Å²) in [7, 11) is 0. The fourth-order valence-corrected chi connectivity index (χ4v) is 2.59. The first kappa shape index (κ1) is 13.5. The van der Waals surface area contributed by atoms with Crippen molar-refractivity contribution < 1.29 is 9.59 Å². The summed E-state index contributed by atoms with van der Waals surface area (Å²) in [6.45, 7) is 4.59. The Morgan fingerprint density at radius 3 is 2.69 bits per heavy atom. The molecule has 0 saturated carbocycles. The Hall–Kier alpha value is -0.590. The lowest BCUT2D eigenvalue weighted by atomic mass is 9.99. The van der Waals surface area contributed by atoms with Crippen LogP contribution >= 0.6 is 11.8 Å². The van der Waals surface area contributed by atoms with E-state index in [4.69, 9.17) is 5.73 Å². The number of nitrogens with two attached hydrogens (primary N) is 1. The standard InChI is InChI=1S/C10H19N3O2S/c1-6(2)8(13-7(14)5-11)9(15)10-12-3-4-16-10/h6,8,10,12H,3-5,11H2,1-2H3,(H,13,14)/t8-,10?/m0/s1. The van der Waals surface area contributed by atoms with Crippen molar-refractivity contribution in [3.63, 3.8) is 0 Å². The Bertz CT molecular complexity index is 265. The number of rotatable bonds is 5. The molecule has 1 unspecified atom stereocenters. The topological polar surface area (TPSA) is 84.2 Å². The molecule has 0 bridgehead atoms. The van der Waals surface area contributed by atoms with E-state index in [1.807, 2.05) is 13.8 Å². The summed E-state index contributed by atoms with van der Waals surface area (Å²) in [4.78, 5) is 23.3. The molecule has 0 aromatic carbocycles. The van der Waals surface area contributed by atoms with Gasteiger partial charge in [-0.15, -0.1) is 11.8 Å². The van der Waals surface area contributed by atoms with Gasteiger partial charge in [0.15, 0.2) is 5.78 Å². The van der Waals surface area contributed by atoms with Crippen LogP contribution in [0.25, 0.3) is 0 Å². The van der Waals surface area contributed by atoms with Crippen molar-refractivity contribution in [3.8, 4) is 0 Å². The average molecular weight is 245 g/mol. The van der Waals surface area contributed by atoms with Crippen LogP contribution in [0, 0.1) is 5.92 Å². The lowest BCUT2D eigenvalue weighted by molar-refractivity contribution is -0.128. The van der Waals surface area contributed by atoms with Gasteiger partial charge >= 0.3 is 0 Å². The zero-order chi connectivity index (χ0) is 12.1. The minimum Gasteiger partial charge on any atom is -0.345 e. The third kappa shape index (κ3) is 3.47. The van der Waals surface area contributed by atoms with Crippen LogP contribution in [0.5, 0.6) is 0 Å². The molecule has 0 aromatic heterocycles. The van der Waals surface area contributed by atoms with Gasteiger partial charge in [0.05, 0.1) is 12.6 Å². The molecule has 4 N–H and O–H groups in total. The van der Waals surface area contributed by atoms with Crippen LogP contribution in [0.15, 0.2) is 0 Å². The molecule has 1 rings (SSSR count). The number of hydrogen-bond acceptors (Lipinski definition) is 5. The number of carbonyl (C=O) groups is 2. The van der Waals surface area contributed by atoms with Crippen LogP contribution in [0.4, 0.5) is 0 Å². The molecule has 0 aliphatic carbocycles. The van der Waals surface area contributed by atoms with Gasteiger partial charge in [-0.05, 0) is 5.92 Å². The number of hydrogen-bond donors (Lipinski definition) is 3. The second-order valence-electron chi connectivity index (χ2n) is 4.10. The van der Waals surface area contributed by atoms with Gasteiger partial charge in [-0.3, -0.25) is 14.9 Å². The third-order valence-corrected chi connectivity index (χ3v) is 3.62. The summed E-state index contributed by atoms with van der Waals surface area (Å²) in [6.07, 6.45) is 0. The summed E-state index contributed by atoms with van der Waals surface area (Å²) < 4.78 is 0. The van der Waals surface area contributed by atoms with Crippen molar-refractivity contribution in [1.29, 1.82) is 0 Å². The van der Waals surface area contributed by atoms with Crippen LogP contribution < -0.4 is 16.4 Å². The molecule has 0 aromatic rings. The predicted octanol–water partition coefficient (Wildman–Crippen LogP) is -0.682. The molecule has 16 heavy (non-hydrogen) atoms.